The first-order valence-corrected chi connectivity index (χ1v) is 5.77. The van der Waals surface area contributed by atoms with Crippen molar-refractivity contribution in [1.29, 1.82) is 0 Å². The summed E-state index contributed by atoms with van der Waals surface area (Å²) in [6.07, 6.45) is 1.77. The van der Waals surface area contributed by atoms with Gasteiger partial charge in [0, 0.05) is 25.5 Å². The van der Waals surface area contributed by atoms with Crippen LogP contribution in [0.15, 0.2) is 22.9 Å². The molecule has 0 bridgehead atoms. The zero-order valence-corrected chi connectivity index (χ0v) is 10.7. The van der Waals surface area contributed by atoms with Crippen LogP contribution in [0.3, 0.4) is 0 Å². The Hall–Kier alpha value is -1.43. The molecule has 0 saturated heterocycles. The minimum atomic E-state index is 0.705. The molecule has 2 aromatic rings. The maximum absolute atomic E-state index is 4.31. The van der Waals surface area contributed by atoms with E-state index in [-0.39, 0.29) is 0 Å². The summed E-state index contributed by atoms with van der Waals surface area (Å²) in [6.45, 7) is 2.94. The predicted molar refractivity (Wildman–Crippen MR) is 66.1 cm³/mol. The highest BCUT2D eigenvalue weighted by molar-refractivity contribution is 9.10. The number of anilines is 1. The fraction of sp³-hybridized carbons (Fsp3) is 0.300. The van der Waals surface area contributed by atoms with Crippen molar-refractivity contribution >= 4 is 21.6 Å². The maximum Gasteiger partial charge on any atom is 0.157 e. The number of hydrogen-bond acceptors (Lipinski definition) is 4. The van der Waals surface area contributed by atoms with E-state index in [2.05, 4.69) is 43.5 Å². The van der Waals surface area contributed by atoms with Crippen molar-refractivity contribution in [3.05, 3.63) is 22.9 Å². The van der Waals surface area contributed by atoms with E-state index in [9.17, 15) is 0 Å². The number of nitrogens with zero attached hydrogens (tertiary/aromatic N) is 4. The lowest BCUT2D eigenvalue weighted by atomic mass is 10.2. The summed E-state index contributed by atoms with van der Waals surface area (Å²) < 4.78 is 2.40. The van der Waals surface area contributed by atoms with Gasteiger partial charge in [0.25, 0.3) is 0 Å². The van der Waals surface area contributed by atoms with Gasteiger partial charge in [-0.25, -0.2) is 4.68 Å². The van der Waals surface area contributed by atoms with Crippen LogP contribution in [0.2, 0.25) is 0 Å². The van der Waals surface area contributed by atoms with E-state index in [0.29, 0.717) is 4.60 Å². The summed E-state index contributed by atoms with van der Waals surface area (Å²) in [7, 11) is 1.84. The topological polar surface area (TPSA) is 55.6 Å². The van der Waals surface area contributed by atoms with Gasteiger partial charge in [0.05, 0.1) is 5.69 Å². The first-order chi connectivity index (χ1) is 7.72. The molecule has 0 aliphatic carbocycles. The van der Waals surface area contributed by atoms with Crippen molar-refractivity contribution in [2.75, 3.05) is 11.9 Å². The molecule has 2 rings (SSSR count). The zero-order valence-electron chi connectivity index (χ0n) is 9.11. The van der Waals surface area contributed by atoms with Gasteiger partial charge in [-0.05, 0) is 35.0 Å². The lowest BCUT2D eigenvalue weighted by Gasteiger charge is -2.05. The third kappa shape index (κ3) is 2.06. The molecule has 0 unspecified atom stereocenters. The van der Waals surface area contributed by atoms with E-state index in [1.807, 2.05) is 19.2 Å². The van der Waals surface area contributed by atoms with Crippen LogP contribution in [-0.2, 0) is 7.05 Å². The molecule has 84 valence electrons. The molecular formula is C10H12BrN5. The second-order valence-electron chi connectivity index (χ2n) is 3.31. The Morgan fingerprint density at radius 1 is 1.50 bits per heavy atom. The second kappa shape index (κ2) is 4.61. The van der Waals surface area contributed by atoms with Crippen LogP contribution in [0.1, 0.15) is 6.92 Å². The monoisotopic (exact) mass is 281 g/mol. The number of aromatic nitrogens is 4. The van der Waals surface area contributed by atoms with Crippen LogP contribution in [0.25, 0.3) is 11.4 Å². The molecule has 6 heteroatoms. The summed E-state index contributed by atoms with van der Waals surface area (Å²) in [5, 5.41) is 11.1. The Labute approximate surface area is 102 Å². The molecule has 2 aromatic heterocycles. The van der Waals surface area contributed by atoms with Gasteiger partial charge in [-0.1, -0.05) is 5.21 Å². The highest BCUT2D eigenvalue weighted by atomic mass is 79.9. The molecule has 0 saturated carbocycles. The lowest BCUT2D eigenvalue weighted by Crippen LogP contribution is -1.99. The molecule has 0 atom stereocenters. The molecule has 0 aliphatic rings. The molecule has 2 heterocycles. The molecule has 16 heavy (non-hydrogen) atoms. The van der Waals surface area contributed by atoms with Crippen LogP contribution >= 0.6 is 15.9 Å². The van der Waals surface area contributed by atoms with Gasteiger partial charge in [0.1, 0.15) is 5.69 Å². The van der Waals surface area contributed by atoms with Gasteiger partial charge >= 0.3 is 0 Å². The largest absolute Gasteiger partial charge is 0.385 e. The molecule has 5 nitrogen and oxygen atoms in total. The van der Waals surface area contributed by atoms with E-state index < -0.39 is 0 Å². The van der Waals surface area contributed by atoms with Crippen molar-refractivity contribution in [2.45, 2.75) is 6.92 Å². The van der Waals surface area contributed by atoms with Crippen LogP contribution in [-0.4, -0.2) is 26.5 Å². The van der Waals surface area contributed by atoms with E-state index in [1.54, 1.807) is 10.9 Å². The third-order valence-corrected chi connectivity index (χ3v) is 2.70. The standard InChI is InChI=1S/C10H12BrN5/c1-3-12-7-4-5-13-8(6-7)9-10(11)14-15-16(9)2/h4-6H,3H2,1-2H3,(H,12,13). The third-order valence-electron chi connectivity index (χ3n) is 2.17. The highest BCUT2D eigenvalue weighted by Gasteiger charge is 2.11. The normalized spacial score (nSPS) is 10.4. The quantitative estimate of drug-likeness (QED) is 0.936. The number of aryl methyl sites for hydroxylation is 1. The average Bonchev–Trinajstić information content (AvgIpc) is 2.59. The molecule has 1 N–H and O–H groups in total. The molecule has 0 aliphatic heterocycles. The molecule has 0 fully saturated rings. The minimum absolute atomic E-state index is 0.705. The van der Waals surface area contributed by atoms with Gasteiger partial charge in [-0.2, -0.15) is 0 Å². The summed E-state index contributed by atoms with van der Waals surface area (Å²) in [4.78, 5) is 4.31. The van der Waals surface area contributed by atoms with Crippen LogP contribution in [0.4, 0.5) is 5.69 Å². The van der Waals surface area contributed by atoms with E-state index in [1.165, 1.54) is 0 Å². The maximum atomic E-state index is 4.31. The van der Waals surface area contributed by atoms with Gasteiger partial charge in [0.2, 0.25) is 0 Å². The average molecular weight is 282 g/mol. The molecular weight excluding hydrogens is 270 g/mol. The van der Waals surface area contributed by atoms with Crippen molar-refractivity contribution in [3.8, 4) is 11.4 Å². The Kier molecular flexibility index (Phi) is 3.19. The van der Waals surface area contributed by atoms with E-state index in [4.69, 9.17) is 0 Å². The van der Waals surface area contributed by atoms with E-state index in [0.717, 1.165) is 23.6 Å². The number of rotatable bonds is 3. The number of nitrogens with one attached hydrogen (secondary N) is 1. The Balaban J connectivity index is 2.44. The SMILES string of the molecule is CCNc1ccnc(-c2c(Br)nnn2C)c1. The minimum Gasteiger partial charge on any atom is -0.385 e. The van der Waals surface area contributed by atoms with Crippen LogP contribution < -0.4 is 5.32 Å². The second-order valence-corrected chi connectivity index (χ2v) is 4.06. The van der Waals surface area contributed by atoms with Gasteiger partial charge in [-0.15, -0.1) is 5.10 Å². The summed E-state index contributed by atoms with van der Waals surface area (Å²) in [6, 6.07) is 3.91. The fourth-order valence-corrected chi connectivity index (χ4v) is 2.01. The lowest BCUT2D eigenvalue weighted by molar-refractivity contribution is 0.718. The van der Waals surface area contributed by atoms with Crippen LogP contribution in [0.5, 0.6) is 0 Å². The van der Waals surface area contributed by atoms with E-state index >= 15 is 0 Å². The number of halogens is 1. The predicted octanol–water partition coefficient (Wildman–Crippen LogP) is 2.07. The number of hydrogen-bond donors (Lipinski definition) is 1. The van der Waals surface area contributed by atoms with Gasteiger partial charge in [0.15, 0.2) is 4.60 Å². The van der Waals surface area contributed by atoms with Crippen LogP contribution in [0, 0.1) is 0 Å². The Bertz CT molecular complexity index is 474. The summed E-state index contributed by atoms with van der Waals surface area (Å²) in [5.74, 6) is 0. The Morgan fingerprint density at radius 2 is 2.31 bits per heavy atom. The summed E-state index contributed by atoms with van der Waals surface area (Å²) >= 11 is 3.36. The van der Waals surface area contributed by atoms with Crippen molar-refractivity contribution in [2.24, 2.45) is 7.05 Å². The zero-order chi connectivity index (χ0) is 11.5. The highest BCUT2D eigenvalue weighted by Crippen LogP contribution is 2.25. The van der Waals surface area contributed by atoms with Gasteiger partial charge in [-0.3, -0.25) is 4.98 Å². The van der Waals surface area contributed by atoms with Crippen molar-refractivity contribution in [1.82, 2.24) is 20.0 Å². The molecule has 0 amide bonds. The Morgan fingerprint density at radius 3 is 2.94 bits per heavy atom. The summed E-state index contributed by atoms with van der Waals surface area (Å²) in [5.41, 5.74) is 2.76. The first kappa shape index (κ1) is 11.1. The molecule has 0 aromatic carbocycles. The van der Waals surface area contributed by atoms with Crippen molar-refractivity contribution in [3.63, 3.8) is 0 Å². The first-order valence-electron chi connectivity index (χ1n) is 4.98. The van der Waals surface area contributed by atoms with Gasteiger partial charge < -0.3 is 5.32 Å². The van der Waals surface area contributed by atoms with Crippen molar-refractivity contribution < 1.29 is 0 Å². The fourth-order valence-electron chi connectivity index (χ4n) is 1.48. The molecule has 0 spiro atoms. The molecule has 0 radical (unpaired) electrons. The smallest absolute Gasteiger partial charge is 0.157 e. The number of pyridine rings is 1.